The third kappa shape index (κ3) is 4.85. The van der Waals surface area contributed by atoms with E-state index >= 15 is 0 Å². The van der Waals surface area contributed by atoms with Crippen LogP contribution in [0.25, 0.3) is 0 Å². The first-order valence-electron chi connectivity index (χ1n) is 7.36. The zero-order valence-corrected chi connectivity index (χ0v) is 13.4. The third-order valence-corrected chi connectivity index (χ3v) is 3.08. The summed E-state index contributed by atoms with van der Waals surface area (Å²) in [7, 11) is 0. The monoisotopic (exact) mass is 312 g/mol. The van der Waals surface area contributed by atoms with E-state index in [0.29, 0.717) is 11.3 Å². The van der Waals surface area contributed by atoms with Crippen molar-refractivity contribution in [2.45, 2.75) is 26.9 Å². The fourth-order valence-corrected chi connectivity index (χ4v) is 1.96. The Balaban J connectivity index is 2.03. The summed E-state index contributed by atoms with van der Waals surface area (Å²) in [4.78, 5) is 12.0. The molecular weight excluding hydrogens is 292 g/mol. The minimum Gasteiger partial charge on any atom is -0.508 e. The van der Waals surface area contributed by atoms with Crippen molar-refractivity contribution in [1.82, 2.24) is 5.43 Å². The van der Waals surface area contributed by atoms with Crippen molar-refractivity contribution in [1.29, 1.82) is 0 Å². The molecule has 120 valence electrons. The van der Waals surface area contributed by atoms with Gasteiger partial charge in [-0.25, -0.2) is 5.43 Å². The Morgan fingerprint density at radius 1 is 1.13 bits per heavy atom. The quantitative estimate of drug-likeness (QED) is 0.657. The van der Waals surface area contributed by atoms with Gasteiger partial charge in [0.05, 0.1) is 11.8 Å². The normalized spacial score (nSPS) is 11.4. The van der Waals surface area contributed by atoms with Gasteiger partial charge in [0.2, 0.25) is 0 Å². The molecule has 2 aromatic rings. The first kappa shape index (κ1) is 16.5. The molecule has 2 N–H and O–H groups in total. The lowest BCUT2D eigenvalue weighted by Crippen LogP contribution is -2.19. The summed E-state index contributed by atoms with van der Waals surface area (Å²) in [5.74, 6) is 0.458. The van der Waals surface area contributed by atoms with Crippen molar-refractivity contribution >= 4 is 11.6 Å². The maximum absolute atomic E-state index is 12.0. The Labute approximate surface area is 135 Å². The highest BCUT2D eigenvalue weighted by Crippen LogP contribution is 2.14. The van der Waals surface area contributed by atoms with Gasteiger partial charge in [-0.1, -0.05) is 6.07 Å². The summed E-state index contributed by atoms with van der Waals surface area (Å²) in [5.41, 5.74) is 4.39. The second kappa shape index (κ2) is 7.45. The van der Waals surface area contributed by atoms with Gasteiger partial charge in [0.25, 0.3) is 5.91 Å². The van der Waals surface area contributed by atoms with Gasteiger partial charge in [0.15, 0.2) is 0 Å². The molecule has 1 amide bonds. The number of hydrogen-bond donors (Lipinski definition) is 2. The minimum atomic E-state index is -0.375. The van der Waals surface area contributed by atoms with Gasteiger partial charge in [-0.15, -0.1) is 0 Å². The van der Waals surface area contributed by atoms with Gasteiger partial charge >= 0.3 is 0 Å². The van der Waals surface area contributed by atoms with Gasteiger partial charge in [0.1, 0.15) is 11.5 Å². The average molecular weight is 312 g/mol. The largest absolute Gasteiger partial charge is 0.508 e. The van der Waals surface area contributed by atoms with Gasteiger partial charge in [-0.05, 0) is 68.8 Å². The Morgan fingerprint density at radius 3 is 2.43 bits per heavy atom. The van der Waals surface area contributed by atoms with Crippen molar-refractivity contribution in [2.24, 2.45) is 5.10 Å². The van der Waals surface area contributed by atoms with Crippen molar-refractivity contribution in [3.8, 4) is 11.5 Å². The van der Waals surface area contributed by atoms with Crippen LogP contribution in [0.2, 0.25) is 0 Å². The van der Waals surface area contributed by atoms with Crippen LogP contribution in [0, 0.1) is 0 Å². The van der Waals surface area contributed by atoms with E-state index in [9.17, 15) is 9.90 Å². The third-order valence-electron chi connectivity index (χ3n) is 3.08. The summed E-state index contributed by atoms with van der Waals surface area (Å²) < 4.78 is 5.58. The Kier molecular flexibility index (Phi) is 5.36. The summed E-state index contributed by atoms with van der Waals surface area (Å²) in [6.45, 7) is 5.75. The lowest BCUT2D eigenvalue weighted by atomic mass is 10.1. The lowest BCUT2D eigenvalue weighted by Gasteiger charge is -2.10. The molecule has 0 aliphatic rings. The second-order valence-corrected chi connectivity index (χ2v) is 5.38. The first-order chi connectivity index (χ1) is 11.0. The van der Waals surface area contributed by atoms with E-state index in [4.69, 9.17) is 4.74 Å². The van der Waals surface area contributed by atoms with E-state index in [0.717, 1.165) is 11.3 Å². The summed E-state index contributed by atoms with van der Waals surface area (Å²) in [6.07, 6.45) is 0.122. The number of hydrazone groups is 1. The Bertz CT molecular complexity index is 706. The van der Waals surface area contributed by atoms with E-state index in [-0.39, 0.29) is 17.8 Å². The van der Waals surface area contributed by atoms with Crippen LogP contribution in [-0.4, -0.2) is 22.8 Å². The molecular formula is C18H20N2O3. The molecule has 2 aromatic carbocycles. The van der Waals surface area contributed by atoms with Crippen molar-refractivity contribution in [3.05, 3.63) is 59.7 Å². The van der Waals surface area contributed by atoms with E-state index in [1.807, 2.05) is 38.1 Å². The standard InChI is InChI=1S/C18H20N2O3/c1-12(2)23-17-9-7-14(8-10-17)13(3)19-20-18(22)15-5-4-6-16(21)11-15/h4-12,21H,1-3H3,(H,20,22)/b19-13-. The average Bonchev–Trinajstić information content (AvgIpc) is 2.52. The number of phenols is 1. The van der Waals surface area contributed by atoms with Crippen LogP contribution in [0.15, 0.2) is 53.6 Å². The van der Waals surface area contributed by atoms with E-state index in [1.54, 1.807) is 19.1 Å². The second-order valence-electron chi connectivity index (χ2n) is 5.38. The molecule has 23 heavy (non-hydrogen) atoms. The molecule has 0 atom stereocenters. The summed E-state index contributed by atoms with van der Waals surface area (Å²) in [5, 5.41) is 13.5. The van der Waals surface area contributed by atoms with Crippen molar-refractivity contribution < 1.29 is 14.6 Å². The number of phenolic OH excluding ortho intramolecular Hbond substituents is 1. The number of carbonyl (C=O) groups excluding carboxylic acids is 1. The van der Waals surface area contributed by atoms with E-state index in [1.165, 1.54) is 12.1 Å². The lowest BCUT2D eigenvalue weighted by molar-refractivity contribution is 0.0954. The molecule has 0 bridgehead atoms. The number of amides is 1. The number of hydrogen-bond acceptors (Lipinski definition) is 4. The zero-order valence-electron chi connectivity index (χ0n) is 13.4. The number of nitrogens with zero attached hydrogens (tertiary/aromatic N) is 1. The highest BCUT2D eigenvalue weighted by Gasteiger charge is 2.06. The highest BCUT2D eigenvalue weighted by molar-refractivity contribution is 6.01. The summed E-state index contributed by atoms with van der Waals surface area (Å²) in [6, 6.07) is 13.6. The SMILES string of the molecule is C/C(=N/NC(=O)c1cccc(O)c1)c1ccc(OC(C)C)cc1. The Morgan fingerprint density at radius 2 is 1.83 bits per heavy atom. The molecule has 0 heterocycles. The number of aromatic hydroxyl groups is 1. The van der Waals surface area contributed by atoms with Gasteiger partial charge in [-0.3, -0.25) is 4.79 Å². The fraction of sp³-hybridized carbons (Fsp3) is 0.222. The van der Waals surface area contributed by atoms with Crippen LogP contribution in [-0.2, 0) is 0 Å². The molecule has 0 spiro atoms. The molecule has 0 aromatic heterocycles. The van der Waals surface area contributed by atoms with Crippen LogP contribution in [0.5, 0.6) is 11.5 Å². The van der Waals surface area contributed by atoms with Gasteiger partial charge in [0, 0.05) is 5.56 Å². The number of benzene rings is 2. The molecule has 0 radical (unpaired) electrons. The van der Waals surface area contributed by atoms with E-state index < -0.39 is 0 Å². The number of carbonyl (C=O) groups is 1. The number of rotatable bonds is 5. The molecule has 5 nitrogen and oxygen atoms in total. The molecule has 0 saturated carbocycles. The smallest absolute Gasteiger partial charge is 0.271 e. The molecule has 0 saturated heterocycles. The maximum atomic E-state index is 12.0. The predicted octanol–water partition coefficient (Wildman–Crippen LogP) is 3.33. The molecule has 2 rings (SSSR count). The van der Waals surface area contributed by atoms with Crippen LogP contribution in [0.3, 0.4) is 0 Å². The Hall–Kier alpha value is -2.82. The van der Waals surface area contributed by atoms with Gasteiger partial charge in [-0.2, -0.15) is 5.10 Å². The maximum Gasteiger partial charge on any atom is 0.271 e. The molecule has 0 fully saturated rings. The van der Waals surface area contributed by atoms with Crippen molar-refractivity contribution in [3.63, 3.8) is 0 Å². The van der Waals surface area contributed by atoms with Crippen LogP contribution < -0.4 is 10.2 Å². The zero-order chi connectivity index (χ0) is 16.8. The molecule has 0 aliphatic heterocycles. The van der Waals surface area contributed by atoms with E-state index in [2.05, 4.69) is 10.5 Å². The first-order valence-corrected chi connectivity index (χ1v) is 7.36. The highest BCUT2D eigenvalue weighted by atomic mass is 16.5. The predicted molar refractivity (Wildman–Crippen MR) is 90.0 cm³/mol. The van der Waals surface area contributed by atoms with Crippen molar-refractivity contribution in [2.75, 3.05) is 0 Å². The molecule has 0 aliphatic carbocycles. The van der Waals surface area contributed by atoms with Crippen LogP contribution in [0.4, 0.5) is 0 Å². The van der Waals surface area contributed by atoms with Crippen LogP contribution >= 0.6 is 0 Å². The van der Waals surface area contributed by atoms with Gasteiger partial charge < -0.3 is 9.84 Å². The molecule has 0 unspecified atom stereocenters. The summed E-state index contributed by atoms with van der Waals surface area (Å²) >= 11 is 0. The van der Waals surface area contributed by atoms with Crippen LogP contribution in [0.1, 0.15) is 36.7 Å². The minimum absolute atomic E-state index is 0.0408. The number of ether oxygens (including phenoxy) is 1. The number of nitrogens with one attached hydrogen (secondary N) is 1. The fourth-order valence-electron chi connectivity index (χ4n) is 1.96. The molecule has 5 heteroatoms. The topological polar surface area (TPSA) is 70.9 Å².